The lowest BCUT2D eigenvalue weighted by Gasteiger charge is -2.39. The summed E-state index contributed by atoms with van der Waals surface area (Å²) in [7, 11) is -2.85. The minimum Gasteiger partial charge on any atom is -0.339 e. The number of hydrogen-bond donors (Lipinski definition) is 0. The molecule has 0 bridgehead atoms. The van der Waals surface area contributed by atoms with E-state index in [2.05, 4.69) is 45.0 Å². The third-order valence-electron chi connectivity index (χ3n) is 6.78. The molecule has 1 unspecified atom stereocenters. The summed E-state index contributed by atoms with van der Waals surface area (Å²) in [5.41, 5.74) is 1.38. The first-order chi connectivity index (χ1) is 14.5. The van der Waals surface area contributed by atoms with E-state index in [1.54, 1.807) is 0 Å². The fourth-order valence-corrected chi connectivity index (χ4v) is 6.56. The molecule has 3 heterocycles. The molecule has 0 radical (unpaired) electrons. The number of hydrogen-bond acceptors (Lipinski definition) is 6. The van der Waals surface area contributed by atoms with Crippen LogP contribution < -0.4 is 0 Å². The van der Waals surface area contributed by atoms with E-state index < -0.39 is 9.84 Å². The van der Waals surface area contributed by atoms with Gasteiger partial charge < -0.3 is 9.80 Å². The zero-order valence-corrected chi connectivity index (χ0v) is 18.6. The molecule has 1 atom stereocenters. The molecule has 0 aromatic heterocycles. The lowest BCUT2D eigenvalue weighted by molar-refractivity contribution is -0.134. The van der Waals surface area contributed by atoms with Crippen molar-refractivity contribution in [3.05, 3.63) is 35.9 Å². The number of nitrogens with zero attached hydrogens (tertiary/aromatic N) is 4. The molecule has 3 aliphatic heterocycles. The van der Waals surface area contributed by atoms with Crippen LogP contribution in [-0.4, -0.2) is 117 Å². The van der Waals surface area contributed by atoms with Crippen LogP contribution in [-0.2, 0) is 21.1 Å². The van der Waals surface area contributed by atoms with Gasteiger partial charge in [-0.25, -0.2) is 8.42 Å². The van der Waals surface area contributed by atoms with Crippen LogP contribution in [0.4, 0.5) is 0 Å². The summed E-state index contributed by atoms with van der Waals surface area (Å²) in [6, 6.07) is 10.7. The fourth-order valence-electron chi connectivity index (χ4n) is 4.79. The number of rotatable bonds is 6. The van der Waals surface area contributed by atoms with Crippen molar-refractivity contribution in [1.82, 2.24) is 19.6 Å². The Kier molecular flexibility index (Phi) is 7.08. The Labute approximate surface area is 180 Å². The predicted molar refractivity (Wildman–Crippen MR) is 118 cm³/mol. The Bertz CT molecular complexity index is 801. The first kappa shape index (κ1) is 21.7. The summed E-state index contributed by atoms with van der Waals surface area (Å²) in [6.45, 7) is 8.52. The minimum atomic E-state index is -2.85. The van der Waals surface area contributed by atoms with Gasteiger partial charge in [-0.05, 0) is 18.4 Å². The molecular weight excluding hydrogens is 400 g/mol. The molecule has 3 aliphatic rings. The van der Waals surface area contributed by atoms with E-state index in [0.717, 1.165) is 58.7 Å². The van der Waals surface area contributed by atoms with E-state index in [1.165, 1.54) is 5.56 Å². The van der Waals surface area contributed by atoms with E-state index in [0.29, 0.717) is 25.4 Å². The normalized spacial score (nSPS) is 26.1. The summed E-state index contributed by atoms with van der Waals surface area (Å²) in [5, 5.41) is 0. The molecule has 8 heteroatoms. The second-order valence-electron chi connectivity index (χ2n) is 8.83. The molecule has 1 amide bonds. The lowest BCUT2D eigenvalue weighted by Crippen LogP contribution is -2.55. The van der Waals surface area contributed by atoms with Gasteiger partial charge in [0.25, 0.3) is 0 Å². The van der Waals surface area contributed by atoms with Crippen LogP contribution in [0.5, 0.6) is 0 Å². The molecule has 1 aromatic carbocycles. The van der Waals surface area contributed by atoms with E-state index in [1.807, 2.05) is 4.90 Å². The topological polar surface area (TPSA) is 64.2 Å². The van der Waals surface area contributed by atoms with Crippen LogP contribution >= 0.6 is 0 Å². The molecule has 0 saturated carbocycles. The first-order valence-electron chi connectivity index (χ1n) is 11.2. The Morgan fingerprint density at radius 2 is 1.57 bits per heavy atom. The molecular formula is C22H34N4O3S. The first-order valence-corrected chi connectivity index (χ1v) is 13.0. The minimum absolute atomic E-state index is 0.149. The standard InChI is InChI=1S/C22H34N4O3S/c27-22(26-15-13-25(14-16-26)21-7-17-30(28,29)19-21)18-24-11-9-23(10-12-24)8-6-20-4-2-1-3-5-20/h1-5,21H,6-19H2. The summed E-state index contributed by atoms with van der Waals surface area (Å²) in [5.74, 6) is 0.815. The van der Waals surface area contributed by atoms with Gasteiger partial charge in [0.1, 0.15) is 0 Å². The van der Waals surface area contributed by atoms with Crippen molar-refractivity contribution in [1.29, 1.82) is 0 Å². The van der Waals surface area contributed by atoms with Gasteiger partial charge in [-0.3, -0.25) is 14.6 Å². The number of piperazine rings is 2. The number of carbonyl (C=O) groups excluding carboxylic acids is 1. The highest BCUT2D eigenvalue weighted by atomic mass is 32.2. The molecule has 0 aliphatic carbocycles. The average molecular weight is 435 g/mol. The second kappa shape index (κ2) is 9.77. The Hall–Kier alpha value is -1.48. The van der Waals surface area contributed by atoms with Gasteiger partial charge in [0.15, 0.2) is 9.84 Å². The van der Waals surface area contributed by atoms with Crippen LogP contribution in [0.15, 0.2) is 30.3 Å². The van der Waals surface area contributed by atoms with Gasteiger partial charge in [0, 0.05) is 64.9 Å². The monoisotopic (exact) mass is 434 g/mol. The van der Waals surface area contributed by atoms with Crippen LogP contribution in [0.25, 0.3) is 0 Å². The highest BCUT2D eigenvalue weighted by molar-refractivity contribution is 7.91. The predicted octanol–water partition coefficient (Wildman–Crippen LogP) is 0.178. The molecule has 30 heavy (non-hydrogen) atoms. The Balaban J connectivity index is 1.14. The SMILES string of the molecule is O=C(CN1CCN(CCc2ccccc2)CC1)N1CCN(C2CCS(=O)(=O)C2)CC1. The van der Waals surface area contributed by atoms with E-state index in [-0.39, 0.29) is 17.7 Å². The quantitative estimate of drug-likeness (QED) is 0.637. The van der Waals surface area contributed by atoms with Gasteiger partial charge >= 0.3 is 0 Å². The van der Waals surface area contributed by atoms with Gasteiger partial charge in [-0.15, -0.1) is 0 Å². The number of benzene rings is 1. The largest absolute Gasteiger partial charge is 0.339 e. The lowest BCUT2D eigenvalue weighted by atomic mass is 10.1. The van der Waals surface area contributed by atoms with Gasteiger partial charge in [0.05, 0.1) is 18.1 Å². The number of amides is 1. The van der Waals surface area contributed by atoms with Crippen LogP contribution in [0, 0.1) is 0 Å². The third-order valence-corrected chi connectivity index (χ3v) is 8.53. The summed E-state index contributed by atoms with van der Waals surface area (Å²) >= 11 is 0. The maximum atomic E-state index is 12.7. The van der Waals surface area contributed by atoms with Gasteiger partial charge in [-0.1, -0.05) is 30.3 Å². The van der Waals surface area contributed by atoms with E-state index in [4.69, 9.17) is 0 Å². The van der Waals surface area contributed by atoms with Crippen molar-refractivity contribution >= 4 is 15.7 Å². The molecule has 0 N–H and O–H groups in total. The molecule has 1 aromatic rings. The average Bonchev–Trinajstić information content (AvgIpc) is 3.14. The highest BCUT2D eigenvalue weighted by Gasteiger charge is 2.34. The maximum absolute atomic E-state index is 12.7. The molecule has 3 fully saturated rings. The number of sulfone groups is 1. The molecule has 166 valence electrons. The van der Waals surface area contributed by atoms with Crippen molar-refractivity contribution in [2.75, 3.05) is 77.0 Å². The zero-order valence-electron chi connectivity index (χ0n) is 17.8. The Morgan fingerprint density at radius 3 is 2.20 bits per heavy atom. The molecule has 7 nitrogen and oxygen atoms in total. The van der Waals surface area contributed by atoms with Crippen LogP contribution in [0.1, 0.15) is 12.0 Å². The molecule has 0 spiro atoms. The van der Waals surface area contributed by atoms with Crippen molar-refractivity contribution in [3.8, 4) is 0 Å². The second-order valence-corrected chi connectivity index (χ2v) is 11.1. The van der Waals surface area contributed by atoms with E-state index >= 15 is 0 Å². The summed E-state index contributed by atoms with van der Waals surface area (Å²) < 4.78 is 23.4. The van der Waals surface area contributed by atoms with Crippen molar-refractivity contribution in [3.63, 3.8) is 0 Å². The van der Waals surface area contributed by atoms with Crippen LogP contribution in [0.3, 0.4) is 0 Å². The highest BCUT2D eigenvalue weighted by Crippen LogP contribution is 2.19. The summed E-state index contributed by atoms with van der Waals surface area (Å²) in [4.78, 5) is 21.7. The van der Waals surface area contributed by atoms with Crippen molar-refractivity contribution in [2.24, 2.45) is 0 Å². The third kappa shape index (κ3) is 5.81. The van der Waals surface area contributed by atoms with E-state index in [9.17, 15) is 13.2 Å². The molecule has 4 rings (SSSR count). The number of carbonyl (C=O) groups is 1. The van der Waals surface area contributed by atoms with Crippen molar-refractivity contribution in [2.45, 2.75) is 18.9 Å². The van der Waals surface area contributed by atoms with Gasteiger partial charge in [-0.2, -0.15) is 0 Å². The fraction of sp³-hybridized carbons (Fsp3) is 0.682. The summed E-state index contributed by atoms with van der Waals surface area (Å²) in [6.07, 6.45) is 1.82. The molecule has 3 saturated heterocycles. The smallest absolute Gasteiger partial charge is 0.236 e. The van der Waals surface area contributed by atoms with Crippen molar-refractivity contribution < 1.29 is 13.2 Å². The maximum Gasteiger partial charge on any atom is 0.236 e. The van der Waals surface area contributed by atoms with Crippen LogP contribution in [0.2, 0.25) is 0 Å². The Morgan fingerprint density at radius 1 is 0.900 bits per heavy atom. The zero-order chi connectivity index (χ0) is 21.0. The van der Waals surface area contributed by atoms with Gasteiger partial charge in [0.2, 0.25) is 5.91 Å².